The van der Waals surface area contributed by atoms with Gasteiger partial charge in [-0.1, -0.05) is 42.5 Å². The van der Waals surface area contributed by atoms with Gasteiger partial charge in [0.1, 0.15) is 0 Å². The van der Waals surface area contributed by atoms with Crippen molar-refractivity contribution in [1.29, 1.82) is 0 Å². The molecule has 0 spiro atoms. The highest BCUT2D eigenvalue weighted by Crippen LogP contribution is 2.37. The van der Waals surface area contributed by atoms with Crippen molar-refractivity contribution >= 4 is 27.6 Å². The number of benzene rings is 3. The highest BCUT2D eigenvalue weighted by Gasteiger charge is 2.41. The standard InChI is InChI=1S/C35H35F5N4O2S/c1-47(46)27-10-11-30-28(19-27)31(33(45)41-20-23-6-3-2-4-7-23)29(32(42-30)24-8-5-9-25(18-24)35(38,39)40)21-43-15-12-26(13-16-43)44-17-14-34(36,37)22-44/h2-11,18-19,26H,12-17,20-22H2,1H3,(H,41,45). The molecule has 0 bridgehead atoms. The van der Waals surface area contributed by atoms with E-state index in [1.165, 1.54) is 12.3 Å². The number of carbonyl (C=O) groups excluding carboxylic acids is 1. The number of rotatable bonds is 8. The molecule has 6 rings (SSSR count). The number of halogens is 5. The Morgan fingerprint density at radius 2 is 1.74 bits per heavy atom. The second-order valence-electron chi connectivity index (χ2n) is 12.3. The van der Waals surface area contributed by atoms with Crippen LogP contribution in [0.1, 0.15) is 46.3 Å². The number of amides is 1. The van der Waals surface area contributed by atoms with Crippen LogP contribution in [-0.4, -0.2) is 69.3 Å². The van der Waals surface area contributed by atoms with Crippen molar-refractivity contribution in [2.75, 3.05) is 32.4 Å². The van der Waals surface area contributed by atoms with Crippen LogP contribution >= 0.6 is 0 Å². The van der Waals surface area contributed by atoms with Crippen molar-refractivity contribution < 1.29 is 31.0 Å². The van der Waals surface area contributed by atoms with Crippen LogP contribution in [-0.2, 0) is 30.1 Å². The van der Waals surface area contributed by atoms with E-state index in [4.69, 9.17) is 4.98 Å². The first-order valence-corrected chi connectivity index (χ1v) is 17.1. The Balaban J connectivity index is 1.43. The van der Waals surface area contributed by atoms with E-state index in [1.807, 2.05) is 35.2 Å². The van der Waals surface area contributed by atoms with Crippen molar-refractivity contribution in [3.8, 4) is 11.3 Å². The molecule has 6 nitrogen and oxygen atoms in total. The Morgan fingerprint density at radius 3 is 2.40 bits per heavy atom. The van der Waals surface area contributed by atoms with Crippen LogP contribution in [0.15, 0.2) is 77.7 Å². The van der Waals surface area contributed by atoms with Crippen LogP contribution in [0.5, 0.6) is 0 Å². The van der Waals surface area contributed by atoms with E-state index in [0.717, 1.165) is 17.7 Å². The van der Waals surface area contributed by atoms with Crippen molar-refractivity contribution in [3.63, 3.8) is 0 Å². The first-order valence-electron chi connectivity index (χ1n) is 15.5. The minimum absolute atomic E-state index is 0.00743. The molecular weight excluding hydrogens is 635 g/mol. The number of pyridine rings is 1. The van der Waals surface area contributed by atoms with E-state index in [-0.39, 0.29) is 48.9 Å². The van der Waals surface area contributed by atoms with E-state index < -0.39 is 34.4 Å². The topological polar surface area (TPSA) is 65.5 Å². The molecule has 2 aliphatic rings. The van der Waals surface area contributed by atoms with Gasteiger partial charge in [0.2, 0.25) is 0 Å². The fourth-order valence-electron chi connectivity index (χ4n) is 6.56. The largest absolute Gasteiger partial charge is 0.416 e. The number of piperidine rings is 1. The van der Waals surface area contributed by atoms with E-state index in [9.17, 15) is 31.0 Å². The van der Waals surface area contributed by atoms with Crippen LogP contribution in [0.4, 0.5) is 22.0 Å². The molecular formula is C35H35F5N4O2S. The molecule has 1 amide bonds. The van der Waals surface area contributed by atoms with Gasteiger partial charge in [0.25, 0.3) is 11.8 Å². The fourth-order valence-corrected chi connectivity index (χ4v) is 7.11. The maximum Gasteiger partial charge on any atom is 0.416 e. The normalized spacial score (nSPS) is 18.4. The third-order valence-corrected chi connectivity index (χ3v) is 9.95. The lowest BCUT2D eigenvalue weighted by molar-refractivity contribution is -0.137. The molecule has 0 radical (unpaired) electrons. The smallest absolute Gasteiger partial charge is 0.348 e. The number of nitrogens with zero attached hydrogens (tertiary/aromatic N) is 3. The third kappa shape index (κ3) is 7.55. The predicted octanol–water partition coefficient (Wildman–Crippen LogP) is 6.89. The highest BCUT2D eigenvalue weighted by atomic mass is 32.2. The highest BCUT2D eigenvalue weighted by molar-refractivity contribution is 7.84. The lowest BCUT2D eigenvalue weighted by atomic mass is 9.93. The SMILES string of the molecule is CS(=O)c1ccc2nc(-c3cccc(C(F)(F)F)c3)c(CN3CCC(N4CCC(F)(F)C4)CC3)c(C(=O)NCc3ccccc3)c2c1. The first kappa shape index (κ1) is 33.2. The van der Waals surface area contributed by atoms with E-state index in [0.29, 0.717) is 53.8 Å². The Hall–Kier alpha value is -3.74. The van der Waals surface area contributed by atoms with Gasteiger partial charge in [-0.2, -0.15) is 13.2 Å². The Morgan fingerprint density at radius 1 is 1.00 bits per heavy atom. The summed E-state index contributed by atoms with van der Waals surface area (Å²) in [4.78, 5) is 23.4. The Labute approximate surface area is 272 Å². The van der Waals surface area contributed by atoms with Gasteiger partial charge in [0.05, 0.1) is 28.9 Å². The first-order chi connectivity index (χ1) is 22.4. The fraction of sp³-hybridized carbons (Fsp3) is 0.371. The summed E-state index contributed by atoms with van der Waals surface area (Å²) in [5.41, 5.74) is 1.58. The van der Waals surface area contributed by atoms with E-state index in [2.05, 4.69) is 10.2 Å². The second kappa shape index (κ2) is 13.4. The number of nitrogens with one attached hydrogen (secondary N) is 1. The van der Waals surface area contributed by atoms with Gasteiger partial charge in [-0.15, -0.1) is 0 Å². The molecule has 2 aliphatic heterocycles. The summed E-state index contributed by atoms with van der Waals surface area (Å²) >= 11 is 0. The molecule has 1 aromatic heterocycles. The number of aromatic nitrogens is 1. The van der Waals surface area contributed by atoms with Gasteiger partial charge in [0.15, 0.2) is 0 Å². The molecule has 2 fully saturated rings. The average molecular weight is 671 g/mol. The summed E-state index contributed by atoms with van der Waals surface area (Å²) in [7, 11) is -1.37. The zero-order chi connectivity index (χ0) is 33.3. The maximum absolute atomic E-state index is 14.2. The number of alkyl halides is 5. The number of hydrogen-bond acceptors (Lipinski definition) is 5. The Kier molecular flexibility index (Phi) is 9.46. The molecule has 47 heavy (non-hydrogen) atoms. The van der Waals surface area contributed by atoms with Gasteiger partial charge in [-0.05, 0) is 61.8 Å². The number of fused-ring (bicyclic) bond motifs is 1. The maximum atomic E-state index is 14.2. The molecule has 3 aromatic carbocycles. The number of carbonyl (C=O) groups is 1. The predicted molar refractivity (Wildman–Crippen MR) is 172 cm³/mol. The van der Waals surface area contributed by atoms with Crippen molar-refractivity contribution in [2.45, 2.75) is 55.4 Å². The summed E-state index contributed by atoms with van der Waals surface area (Å²) in [6.45, 7) is 1.61. The molecule has 12 heteroatoms. The van der Waals surface area contributed by atoms with Gasteiger partial charge in [0, 0.05) is 70.6 Å². The molecule has 1 unspecified atom stereocenters. The third-order valence-electron chi connectivity index (χ3n) is 9.03. The summed E-state index contributed by atoms with van der Waals surface area (Å²) in [5, 5.41) is 3.43. The van der Waals surface area contributed by atoms with Crippen molar-refractivity contribution in [2.24, 2.45) is 0 Å². The summed E-state index contributed by atoms with van der Waals surface area (Å²) in [6, 6.07) is 19.2. The van der Waals surface area contributed by atoms with Crippen LogP contribution < -0.4 is 5.32 Å². The average Bonchev–Trinajstić information content (AvgIpc) is 3.42. The molecule has 4 aromatic rings. The summed E-state index contributed by atoms with van der Waals surface area (Å²) < 4.78 is 81.9. The Bertz CT molecular complexity index is 1790. The molecule has 248 valence electrons. The van der Waals surface area contributed by atoms with Gasteiger partial charge in [-0.25, -0.2) is 13.8 Å². The van der Waals surface area contributed by atoms with Crippen molar-refractivity contribution in [1.82, 2.24) is 20.1 Å². The molecule has 3 heterocycles. The second-order valence-corrected chi connectivity index (χ2v) is 13.7. The van der Waals surface area contributed by atoms with Crippen LogP contribution in [0.3, 0.4) is 0 Å². The minimum Gasteiger partial charge on any atom is -0.348 e. The summed E-state index contributed by atoms with van der Waals surface area (Å²) in [6.07, 6.45) is -1.92. The lowest BCUT2D eigenvalue weighted by Crippen LogP contribution is -2.44. The minimum atomic E-state index is -4.59. The number of hydrogen-bond donors (Lipinski definition) is 1. The van der Waals surface area contributed by atoms with Crippen LogP contribution in [0, 0.1) is 0 Å². The van der Waals surface area contributed by atoms with E-state index in [1.54, 1.807) is 24.3 Å². The quantitative estimate of drug-likeness (QED) is 0.207. The van der Waals surface area contributed by atoms with E-state index >= 15 is 0 Å². The summed E-state index contributed by atoms with van der Waals surface area (Å²) in [5.74, 6) is -3.12. The molecule has 0 aliphatic carbocycles. The molecule has 2 saturated heterocycles. The van der Waals surface area contributed by atoms with Crippen molar-refractivity contribution in [3.05, 3.63) is 95.1 Å². The van der Waals surface area contributed by atoms with Gasteiger partial charge < -0.3 is 5.32 Å². The molecule has 1 N–H and O–H groups in total. The molecule has 1 atom stereocenters. The lowest BCUT2D eigenvalue weighted by Gasteiger charge is -2.37. The van der Waals surface area contributed by atoms with Crippen LogP contribution in [0.2, 0.25) is 0 Å². The monoisotopic (exact) mass is 670 g/mol. The zero-order valence-corrected chi connectivity index (χ0v) is 26.6. The van der Waals surface area contributed by atoms with Crippen LogP contribution in [0.25, 0.3) is 22.2 Å². The zero-order valence-electron chi connectivity index (χ0n) is 25.8. The molecule has 0 saturated carbocycles. The van der Waals surface area contributed by atoms with Gasteiger partial charge in [-0.3, -0.25) is 18.8 Å². The number of likely N-dealkylation sites (tertiary alicyclic amines) is 2. The van der Waals surface area contributed by atoms with Gasteiger partial charge >= 0.3 is 6.18 Å².